The van der Waals surface area contributed by atoms with Crippen molar-refractivity contribution in [1.82, 2.24) is 19.7 Å². The molecule has 10 nitrogen and oxygen atoms in total. The number of anilines is 4. The first-order valence-corrected chi connectivity index (χ1v) is 11.9. The average molecular weight is 557 g/mol. The topological polar surface area (TPSA) is 134 Å². The molecule has 3 aromatic rings. The van der Waals surface area contributed by atoms with E-state index in [-0.39, 0.29) is 29.8 Å². The molecule has 38 heavy (non-hydrogen) atoms. The van der Waals surface area contributed by atoms with Crippen molar-refractivity contribution in [3.05, 3.63) is 52.9 Å². The quantitative estimate of drug-likeness (QED) is 0.305. The van der Waals surface area contributed by atoms with E-state index in [0.29, 0.717) is 19.2 Å². The Labute approximate surface area is 219 Å². The molecule has 3 atom stereocenters. The molecule has 2 aromatic heterocycles. The molecule has 0 aliphatic carbocycles. The lowest BCUT2D eigenvalue weighted by atomic mass is 10.0. The molecule has 1 aliphatic rings. The van der Waals surface area contributed by atoms with Crippen LogP contribution in [0.25, 0.3) is 0 Å². The molecule has 0 unspecified atom stereocenters. The number of nitrogens with one attached hydrogen (secondary N) is 2. The van der Waals surface area contributed by atoms with Gasteiger partial charge in [-0.1, -0.05) is 23.7 Å². The Kier molecular flexibility index (Phi) is 7.92. The van der Waals surface area contributed by atoms with E-state index in [1.165, 1.54) is 17.9 Å². The molecular formula is C23H25ClF4N8O2. The van der Waals surface area contributed by atoms with Gasteiger partial charge in [-0.2, -0.15) is 23.3 Å². The van der Waals surface area contributed by atoms with E-state index >= 15 is 4.39 Å². The van der Waals surface area contributed by atoms with Gasteiger partial charge >= 0.3 is 12.1 Å². The molecule has 0 radical (unpaired) electrons. The van der Waals surface area contributed by atoms with Crippen molar-refractivity contribution < 1.29 is 27.5 Å². The molecule has 4 rings (SSSR count). The molecule has 0 bridgehead atoms. The number of piperidine rings is 1. The highest BCUT2D eigenvalue weighted by atomic mass is 35.5. The van der Waals surface area contributed by atoms with Crippen LogP contribution in [0.3, 0.4) is 0 Å². The molecule has 1 saturated heterocycles. The maximum Gasteiger partial charge on any atom is 0.421 e. The highest BCUT2D eigenvalue weighted by Crippen LogP contribution is 2.36. The first-order chi connectivity index (χ1) is 18.0. The number of aliphatic carboxylic acids is 1. The first-order valence-electron chi connectivity index (χ1n) is 11.6. The molecule has 0 amide bonds. The third kappa shape index (κ3) is 5.91. The van der Waals surface area contributed by atoms with Crippen molar-refractivity contribution in [1.29, 1.82) is 0 Å². The summed E-state index contributed by atoms with van der Waals surface area (Å²) in [6.45, 7) is 0.580. The van der Waals surface area contributed by atoms with Gasteiger partial charge in [-0.05, 0) is 30.5 Å². The second-order valence-corrected chi connectivity index (χ2v) is 9.11. The monoisotopic (exact) mass is 556 g/mol. The van der Waals surface area contributed by atoms with E-state index in [2.05, 4.69) is 25.7 Å². The lowest BCUT2D eigenvalue weighted by Crippen LogP contribution is -2.43. The van der Waals surface area contributed by atoms with Gasteiger partial charge in [0.15, 0.2) is 5.15 Å². The molecule has 1 fully saturated rings. The van der Waals surface area contributed by atoms with E-state index < -0.39 is 41.8 Å². The second kappa shape index (κ2) is 11.0. The number of carboxylic acid groups (broad SMARTS) is 1. The summed E-state index contributed by atoms with van der Waals surface area (Å²) >= 11 is 6.44. The average Bonchev–Trinajstić information content (AvgIpc) is 3.23. The summed E-state index contributed by atoms with van der Waals surface area (Å²) in [6, 6.07) is 5.46. The van der Waals surface area contributed by atoms with Crippen LogP contribution in [0.15, 0.2) is 36.7 Å². The normalized spacial score (nSPS) is 18.8. The molecule has 0 spiro atoms. The summed E-state index contributed by atoms with van der Waals surface area (Å²) < 4.78 is 55.9. The maximum atomic E-state index is 15.3. The van der Waals surface area contributed by atoms with Crippen LogP contribution < -0.4 is 21.3 Å². The lowest BCUT2D eigenvalue weighted by molar-refractivity contribution is -0.139. The van der Waals surface area contributed by atoms with Crippen LogP contribution >= 0.6 is 11.6 Å². The first kappa shape index (κ1) is 27.4. The van der Waals surface area contributed by atoms with Crippen molar-refractivity contribution in [2.24, 2.45) is 5.73 Å². The fraction of sp³-hybridized carbons (Fsp3) is 0.391. The molecule has 1 aliphatic heterocycles. The minimum atomic E-state index is -4.62. The van der Waals surface area contributed by atoms with Crippen LogP contribution in [-0.2, 0) is 17.4 Å². The lowest BCUT2D eigenvalue weighted by Gasteiger charge is -2.36. The summed E-state index contributed by atoms with van der Waals surface area (Å²) in [5.74, 6) is -1.63. The number of nitrogens with zero attached hydrogens (tertiary/aromatic N) is 5. The van der Waals surface area contributed by atoms with E-state index in [4.69, 9.17) is 22.4 Å². The number of carboxylic acids is 1. The molecule has 1 aromatic carbocycles. The van der Waals surface area contributed by atoms with Gasteiger partial charge in [0, 0.05) is 25.5 Å². The Morgan fingerprint density at radius 3 is 2.61 bits per heavy atom. The van der Waals surface area contributed by atoms with Gasteiger partial charge in [0.2, 0.25) is 5.95 Å². The number of carbonyl (C=O) groups is 1. The third-order valence-electron chi connectivity index (χ3n) is 6.21. The highest BCUT2D eigenvalue weighted by Gasteiger charge is 2.36. The van der Waals surface area contributed by atoms with Crippen molar-refractivity contribution in [2.45, 2.75) is 37.3 Å². The summed E-state index contributed by atoms with van der Waals surface area (Å²) in [5.41, 5.74) is 6.33. The van der Waals surface area contributed by atoms with Crippen molar-refractivity contribution >= 4 is 40.7 Å². The van der Waals surface area contributed by atoms with E-state index in [1.807, 2.05) is 4.90 Å². The van der Waals surface area contributed by atoms with Crippen LogP contribution in [0, 0.1) is 0 Å². The van der Waals surface area contributed by atoms with Crippen molar-refractivity contribution in [3.8, 4) is 0 Å². The number of alkyl halides is 4. The predicted octanol–water partition coefficient (Wildman–Crippen LogP) is 3.87. The standard InChI is InChI=1S/C23H25ClF4N8O2/c1-30-20-14(23(26,27)28)9-31-22(34-20)33-17-10-32-36(19(17)24)18-6-7-35(11-15(18)25)13-4-2-12(3-5-13)8-16(29)21(37)38/h2-5,9-10,15-16,18H,6-8,11,29H2,1H3,(H,37,38)(H2,30,31,33,34)/t15-,16-,18-/m0/s1. The predicted molar refractivity (Wildman–Crippen MR) is 134 cm³/mol. The van der Waals surface area contributed by atoms with Crippen LogP contribution in [0.5, 0.6) is 0 Å². The van der Waals surface area contributed by atoms with E-state index in [0.717, 1.165) is 11.3 Å². The third-order valence-corrected chi connectivity index (χ3v) is 6.58. The minimum absolute atomic E-state index is 0.0692. The molecule has 0 saturated carbocycles. The number of aromatic nitrogens is 4. The summed E-state index contributed by atoms with van der Waals surface area (Å²) in [6.07, 6.45) is -3.39. The minimum Gasteiger partial charge on any atom is -0.480 e. The Bertz CT molecular complexity index is 1290. The van der Waals surface area contributed by atoms with Gasteiger partial charge < -0.3 is 26.4 Å². The summed E-state index contributed by atoms with van der Waals surface area (Å²) in [7, 11) is 1.31. The van der Waals surface area contributed by atoms with Crippen LogP contribution in [-0.4, -0.2) is 63.2 Å². The van der Waals surface area contributed by atoms with Gasteiger partial charge in [0.05, 0.1) is 24.5 Å². The number of nitrogens with two attached hydrogens (primary N) is 1. The number of benzene rings is 1. The highest BCUT2D eigenvalue weighted by molar-refractivity contribution is 6.32. The Balaban J connectivity index is 1.42. The number of hydrogen-bond donors (Lipinski definition) is 4. The number of rotatable bonds is 8. The Morgan fingerprint density at radius 2 is 2.00 bits per heavy atom. The Hall–Kier alpha value is -3.65. The van der Waals surface area contributed by atoms with E-state index in [1.54, 1.807) is 24.3 Å². The molecule has 3 heterocycles. The van der Waals surface area contributed by atoms with Crippen molar-refractivity contribution in [2.75, 3.05) is 35.7 Å². The summed E-state index contributed by atoms with van der Waals surface area (Å²) in [4.78, 5) is 20.4. The van der Waals surface area contributed by atoms with Gasteiger partial charge in [0.1, 0.15) is 23.6 Å². The van der Waals surface area contributed by atoms with Gasteiger partial charge in [-0.25, -0.2) is 14.1 Å². The molecular weight excluding hydrogens is 532 g/mol. The second-order valence-electron chi connectivity index (χ2n) is 8.76. The number of hydrogen-bond acceptors (Lipinski definition) is 8. The van der Waals surface area contributed by atoms with Crippen LogP contribution in [0.2, 0.25) is 5.15 Å². The van der Waals surface area contributed by atoms with Crippen LogP contribution in [0.4, 0.5) is 40.7 Å². The van der Waals surface area contributed by atoms with Gasteiger partial charge in [0.25, 0.3) is 0 Å². The van der Waals surface area contributed by atoms with E-state index in [9.17, 15) is 18.0 Å². The van der Waals surface area contributed by atoms with Crippen molar-refractivity contribution in [3.63, 3.8) is 0 Å². The number of halogens is 5. The zero-order valence-electron chi connectivity index (χ0n) is 20.1. The summed E-state index contributed by atoms with van der Waals surface area (Å²) in [5, 5.41) is 18.3. The zero-order chi connectivity index (χ0) is 27.6. The SMILES string of the molecule is CNc1nc(Nc2cnn([C@H]3CCN(c4ccc(C[C@H](N)C(=O)O)cc4)C[C@@H]3F)c2Cl)ncc1C(F)(F)F. The zero-order valence-corrected chi connectivity index (χ0v) is 20.8. The molecule has 15 heteroatoms. The fourth-order valence-electron chi connectivity index (χ4n) is 4.21. The van der Waals surface area contributed by atoms with Crippen LogP contribution in [0.1, 0.15) is 23.6 Å². The van der Waals surface area contributed by atoms with Gasteiger partial charge in [-0.3, -0.25) is 4.79 Å². The smallest absolute Gasteiger partial charge is 0.421 e. The maximum absolute atomic E-state index is 15.3. The Morgan fingerprint density at radius 1 is 1.29 bits per heavy atom. The fourth-order valence-corrected chi connectivity index (χ4v) is 4.47. The molecule has 5 N–H and O–H groups in total. The van der Waals surface area contributed by atoms with Gasteiger partial charge in [-0.15, -0.1) is 0 Å². The largest absolute Gasteiger partial charge is 0.480 e. The molecule has 204 valence electrons.